The van der Waals surface area contributed by atoms with Crippen molar-refractivity contribution in [2.45, 2.75) is 70.0 Å². The number of nitrogens with zero attached hydrogens (tertiary/aromatic N) is 6. The van der Waals surface area contributed by atoms with Crippen LogP contribution in [0.4, 0.5) is 8.78 Å². The third kappa shape index (κ3) is 4.83. The van der Waals surface area contributed by atoms with Gasteiger partial charge in [-0.1, -0.05) is 0 Å². The predicted octanol–water partition coefficient (Wildman–Crippen LogP) is 5.49. The highest BCUT2D eigenvalue weighted by molar-refractivity contribution is 7.59. The van der Waals surface area contributed by atoms with Crippen LogP contribution in [-0.4, -0.2) is 47.0 Å². The van der Waals surface area contributed by atoms with Crippen molar-refractivity contribution >= 4 is 63.1 Å². The number of piperidine rings is 1. The van der Waals surface area contributed by atoms with Gasteiger partial charge in [0.1, 0.15) is 12.0 Å². The zero-order valence-electron chi connectivity index (χ0n) is 20.6. The molecule has 4 aromatic rings. The first kappa shape index (κ1) is 29.2. The number of rotatable bonds is 4. The Balaban J connectivity index is 0.00000127. The second-order valence-electron chi connectivity index (χ2n) is 9.66. The standard InChI is InChI=1S/C25H26F2N6O.3H2S/c1-14(2)31-10-9-15-11-16(3-7-20(15)31)24(34)32-17-4-6-18(21(32)8-5-17)22-12-19(23(26)27)30-25-28-13-29-33(22)25;;;/h3,7,9-14,17-18,21,23H,4-6,8H2,1-2H3;3*1H2/t17-,18-,21-;;;/m0.../s1. The lowest BCUT2D eigenvalue weighted by atomic mass is 9.86. The molecule has 0 radical (unpaired) electrons. The number of halogens is 2. The summed E-state index contributed by atoms with van der Waals surface area (Å²) in [6.07, 6.45) is 4.11. The third-order valence-corrected chi connectivity index (χ3v) is 7.48. The van der Waals surface area contributed by atoms with Gasteiger partial charge in [0.15, 0.2) is 0 Å². The molecule has 2 saturated heterocycles. The van der Waals surface area contributed by atoms with Crippen LogP contribution in [0.3, 0.4) is 0 Å². The fourth-order valence-electron chi connectivity index (χ4n) is 5.94. The van der Waals surface area contributed by atoms with Gasteiger partial charge in [0.25, 0.3) is 18.1 Å². The van der Waals surface area contributed by atoms with Gasteiger partial charge in [-0.3, -0.25) is 4.79 Å². The van der Waals surface area contributed by atoms with Crippen LogP contribution in [0.15, 0.2) is 42.9 Å². The van der Waals surface area contributed by atoms with Gasteiger partial charge in [0, 0.05) is 46.7 Å². The van der Waals surface area contributed by atoms with E-state index in [-0.39, 0.29) is 75.9 Å². The quantitative estimate of drug-likeness (QED) is 0.328. The minimum absolute atomic E-state index is 0. The normalized spacial score (nSPS) is 20.7. The zero-order chi connectivity index (χ0) is 23.6. The number of alkyl halides is 2. The molecule has 3 atom stereocenters. The van der Waals surface area contributed by atoms with Crippen molar-refractivity contribution in [3.05, 3.63) is 59.8 Å². The SMILES string of the molecule is CC(C)n1ccc2cc(C(=O)N3[C@H]4CC[C@H](c5cc(C(F)F)nc6ncnn56)[C@@H]3CC4)ccc21.S.S.S. The Morgan fingerprint density at radius 2 is 1.78 bits per heavy atom. The summed E-state index contributed by atoms with van der Waals surface area (Å²) in [5.41, 5.74) is 2.13. The van der Waals surface area contributed by atoms with Crippen LogP contribution in [0, 0.1) is 0 Å². The summed E-state index contributed by atoms with van der Waals surface area (Å²) < 4.78 is 30.9. The van der Waals surface area contributed by atoms with E-state index < -0.39 is 6.43 Å². The number of carbonyl (C=O) groups excluding carboxylic acids is 1. The van der Waals surface area contributed by atoms with Crippen LogP contribution in [0.2, 0.25) is 0 Å². The molecule has 2 aliphatic heterocycles. The molecule has 2 fully saturated rings. The van der Waals surface area contributed by atoms with Gasteiger partial charge in [-0.2, -0.15) is 50.6 Å². The molecule has 37 heavy (non-hydrogen) atoms. The Morgan fingerprint density at radius 1 is 1.03 bits per heavy atom. The van der Waals surface area contributed by atoms with E-state index in [1.54, 1.807) is 4.52 Å². The average Bonchev–Trinajstić information content (AvgIpc) is 3.53. The van der Waals surface area contributed by atoms with Gasteiger partial charge in [-0.25, -0.2) is 18.3 Å². The number of carbonyl (C=O) groups is 1. The van der Waals surface area contributed by atoms with E-state index in [1.165, 1.54) is 12.4 Å². The van der Waals surface area contributed by atoms with Crippen LogP contribution in [0.1, 0.15) is 79.7 Å². The molecular formula is C25H32F2N6OS3. The summed E-state index contributed by atoms with van der Waals surface area (Å²) in [6.45, 7) is 4.27. The molecule has 7 nitrogen and oxygen atoms in total. The molecule has 1 amide bonds. The number of benzene rings is 1. The largest absolute Gasteiger partial charge is 0.345 e. The minimum Gasteiger partial charge on any atom is -0.345 e. The van der Waals surface area contributed by atoms with Crippen molar-refractivity contribution in [3.63, 3.8) is 0 Å². The molecule has 0 N–H and O–H groups in total. The Bertz CT molecular complexity index is 1410. The van der Waals surface area contributed by atoms with Crippen molar-refractivity contribution in [2.75, 3.05) is 0 Å². The van der Waals surface area contributed by atoms with Gasteiger partial charge in [-0.05, 0) is 69.9 Å². The van der Waals surface area contributed by atoms with Crippen molar-refractivity contribution in [1.82, 2.24) is 29.0 Å². The van der Waals surface area contributed by atoms with E-state index in [0.29, 0.717) is 17.3 Å². The van der Waals surface area contributed by atoms with E-state index in [9.17, 15) is 13.6 Å². The topological polar surface area (TPSA) is 68.3 Å². The molecule has 5 heterocycles. The lowest BCUT2D eigenvalue weighted by Gasteiger charge is -2.40. The van der Waals surface area contributed by atoms with Crippen molar-refractivity contribution in [3.8, 4) is 0 Å². The molecule has 0 saturated carbocycles. The number of aromatic nitrogens is 5. The Kier molecular flexibility index (Phi) is 8.86. The summed E-state index contributed by atoms with van der Waals surface area (Å²) in [5, 5.41) is 5.29. The molecule has 12 heteroatoms. The maximum atomic E-state index is 13.8. The minimum atomic E-state index is -2.69. The fourth-order valence-corrected chi connectivity index (χ4v) is 5.94. The molecule has 0 spiro atoms. The molecule has 2 aliphatic rings. The molecule has 2 bridgehead atoms. The van der Waals surface area contributed by atoms with Gasteiger partial charge in [0.2, 0.25) is 0 Å². The van der Waals surface area contributed by atoms with E-state index >= 15 is 0 Å². The van der Waals surface area contributed by atoms with E-state index in [1.807, 2.05) is 29.2 Å². The average molecular weight is 567 g/mol. The summed E-state index contributed by atoms with van der Waals surface area (Å²) >= 11 is 0. The van der Waals surface area contributed by atoms with E-state index in [0.717, 1.165) is 36.6 Å². The lowest BCUT2D eigenvalue weighted by molar-refractivity contribution is 0.0554. The third-order valence-electron chi connectivity index (χ3n) is 7.48. The second-order valence-corrected chi connectivity index (χ2v) is 9.66. The van der Waals surface area contributed by atoms with E-state index in [2.05, 4.69) is 39.7 Å². The summed E-state index contributed by atoms with van der Waals surface area (Å²) in [5.74, 6) is 0.0819. The summed E-state index contributed by atoms with van der Waals surface area (Å²) in [4.78, 5) is 23.8. The van der Waals surface area contributed by atoms with Gasteiger partial charge < -0.3 is 9.47 Å². The van der Waals surface area contributed by atoms with Gasteiger partial charge in [-0.15, -0.1) is 0 Å². The molecule has 0 aliphatic carbocycles. The van der Waals surface area contributed by atoms with Gasteiger partial charge >= 0.3 is 0 Å². The monoisotopic (exact) mass is 566 g/mol. The molecule has 6 rings (SSSR count). The summed E-state index contributed by atoms with van der Waals surface area (Å²) in [6, 6.07) is 9.82. The number of hydrogen-bond acceptors (Lipinski definition) is 4. The Labute approximate surface area is 235 Å². The molecule has 0 unspecified atom stereocenters. The first-order valence-electron chi connectivity index (χ1n) is 11.8. The first-order valence-corrected chi connectivity index (χ1v) is 11.8. The molecule has 1 aromatic carbocycles. The highest BCUT2D eigenvalue weighted by Crippen LogP contribution is 2.45. The fraction of sp³-hybridized carbons (Fsp3) is 0.440. The van der Waals surface area contributed by atoms with Crippen molar-refractivity contribution in [1.29, 1.82) is 0 Å². The summed E-state index contributed by atoms with van der Waals surface area (Å²) in [7, 11) is 0. The number of amides is 1. The second kappa shape index (κ2) is 11.2. The molecule has 3 aromatic heterocycles. The molecule has 200 valence electrons. The highest BCUT2D eigenvalue weighted by Gasteiger charge is 2.46. The van der Waals surface area contributed by atoms with Crippen LogP contribution in [0.5, 0.6) is 0 Å². The molecular weight excluding hydrogens is 535 g/mol. The van der Waals surface area contributed by atoms with Crippen LogP contribution in [-0.2, 0) is 0 Å². The van der Waals surface area contributed by atoms with Gasteiger partial charge in [0.05, 0.1) is 5.69 Å². The lowest BCUT2D eigenvalue weighted by Crippen LogP contribution is -2.47. The maximum absolute atomic E-state index is 13.8. The number of hydrogen-bond donors (Lipinski definition) is 0. The Hall–Kier alpha value is -2.31. The first-order chi connectivity index (χ1) is 16.4. The smallest absolute Gasteiger partial charge is 0.280 e. The number of fused-ring (bicyclic) bond motifs is 4. The van der Waals surface area contributed by atoms with E-state index in [4.69, 9.17) is 0 Å². The Morgan fingerprint density at radius 3 is 2.51 bits per heavy atom. The predicted molar refractivity (Wildman–Crippen MR) is 154 cm³/mol. The maximum Gasteiger partial charge on any atom is 0.280 e. The van der Waals surface area contributed by atoms with Crippen LogP contribution >= 0.6 is 40.5 Å². The van der Waals surface area contributed by atoms with Crippen LogP contribution < -0.4 is 0 Å². The van der Waals surface area contributed by atoms with Crippen LogP contribution in [0.25, 0.3) is 16.7 Å². The van der Waals surface area contributed by atoms with Crippen molar-refractivity contribution in [2.24, 2.45) is 0 Å². The highest BCUT2D eigenvalue weighted by atomic mass is 32.1. The zero-order valence-corrected chi connectivity index (χ0v) is 23.6. The van der Waals surface area contributed by atoms with Crippen molar-refractivity contribution < 1.29 is 13.6 Å².